The number of carbonyl (C=O) groups excluding carboxylic acids is 1. The summed E-state index contributed by atoms with van der Waals surface area (Å²) in [5.74, 6) is 0.491. The average Bonchev–Trinajstić information content (AvgIpc) is 3.23. The van der Waals surface area contributed by atoms with Crippen molar-refractivity contribution >= 4 is 16.8 Å². The molecule has 1 heterocycles. The quantitative estimate of drug-likeness (QED) is 0.358. The van der Waals surface area contributed by atoms with Crippen LogP contribution in [0, 0.1) is 5.92 Å². The fourth-order valence-corrected chi connectivity index (χ4v) is 4.55. The highest BCUT2D eigenvalue weighted by Gasteiger charge is 2.30. The minimum atomic E-state index is -0.462. The van der Waals surface area contributed by atoms with Crippen LogP contribution in [0.15, 0.2) is 54.7 Å². The standard InChI is InChI=1S/C31H45N3O2/c1-23(2)19-34(31(6,7)22-35)21-29(36)33(20-24-12-14-26(15-13-24)30(3,4)5)17-16-25-18-32-28-11-9-8-10-27(25)28/h8-15,18,23,32,35H,16-17,19-22H2,1-7H3. The molecule has 196 valence electrons. The summed E-state index contributed by atoms with van der Waals surface area (Å²) in [6.45, 7) is 17.2. The zero-order valence-electron chi connectivity index (χ0n) is 23.3. The normalized spacial score (nSPS) is 12.6. The van der Waals surface area contributed by atoms with Crippen molar-refractivity contribution in [3.05, 3.63) is 71.4 Å². The van der Waals surface area contributed by atoms with E-state index in [1.54, 1.807) is 0 Å². The molecule has 0 spiro atoms. The zero-order valence-corrected chi connectivity index (χ0v) is 23.3. The predicted molar refractivity (Wildman–Crippen MR) is 150 cm³/mol. The van der Waals surface area contributed by atoms with E-state index in [9.17, 15) is 9.90 Å². The van der Waals surface area contributed by atoms with E-state index >= 15 is 0 Å². The van der Waals surface area contributed by atoms with Gasteiger partial charge in [-0.1, -0.05) is 77.1 Å². The lowest BCUT2D eigenvalue weighted by Crippen LogP contribution is -2.53. The van der Waals surface area contributed by atoms with Gasteiger partial charge in [0.2, 0.25) is 5.91 Å². The van der Waals surface area contributed by atoms with E-state index in [4.69, 9.17) is 0 Å². The van der Waals surface area contributed by atoms with Crippen molar-refractivity contribution in [2.24, 2.45) is 5.92 Å². The molecular weight excluding hydrogens is 446 g/mol. The van der Waals surface area contributed by atoms with Gasteiger partial charge < -0.3 is 15.0 Å². The Balaban J connectivity index is 1.83. The number of aromatic nitrogens is 1. The highest BCUT2D eigenvalue weighted by Crippen LogP contribution is 2.24. The third kappa shape index (κ3) is 7.21. The van der Waals surface area contributed by atoms with Crippen molar-refractivity contribution in [1.82, 2.24) is 14.8 Å². The number of rotatable bonds is 11. The van der Waals surface area contributed by atoms with Gasteiger partial charge in [0, 0.05) is 42.3 Å². The van der Waals surface area contributed by atoms with Gasteiger partial charge in [-0.3, -0.25) is 9.69 Å². The Bertz CT molecular complexity index is 1120. The molecule has 0 aliphatic rings. The highest BCUT2D eigenvalue weighted by atomic mass is 16.3. The van der Waals surface area contributed by atoms with Crippen LogP contribution in [0.2, 0.25) is 0 Å². The molecule has 0 radical (unpaired) electrons. The van der Waals surface area contributed by atoms with Gasteiger partial charge in [0.25, 0.3) is 0 Å². The molecule has 3 rings (SSSR count). The van der Waals surface area contributed by atoms with Gasteiger partial charge in [-0.2, -0.15) is 0 Å². The smallest absolute Gasteiger partial charge is 0.237 e. The lowest BCUT2D eigenvalue weighted by Gasteiger charge is -2.39. The number of nitrogens with one attached hydrogen (secondary N) is 1. The van der Waals surface area contributed by atoms with Crippen molar-refractivity contribution in [3.8, 4) is 0 Å². The van der Waals surface area contributed by atoms with Gasteiger partial charge in [0.15, 0.2) is 0 Å². The third-order valence-electron chi connectivity index (χ3n) is 7.03. The lowest BCUT2D eigenvalue weighted by molar-refractivity contribution is -0.135. The molecule has 3 aromatic rings. The zero-order chi connectivity index (χ0) is 26.5. The summed E-state index contributed by atoms with van der Waals surface area (Å²) in [6.07, 6.45) is 2.84. The fraction of sp³-hybridized carbons (Fsp3) is 0.516. The number of nitrogens with zero attached hydrogens (tertiary/aromatic N) is 2. The molecule has 0 atom stereocenters. The molecule has 1 amide bonds. The molecule has 1 aromatic heterocycles. The second kappa shape index (κ2) is 11.6. The first kappa shape index (κ1) is 27.9. The predicted octanol–water partition coefficient (Wildman–Crippen LogP) is 5.77. The largest absolute Gasteiger partial charge is 0.394 e. The van der Waals surface area contributed by atoms with Crippen molar-refractivity contribution in [1.29, 1.82) is 0 Å². The van der Waals surface area contributed by atoms with Crippen molar-refractivity contribution < 1.29 is 9.90 Å². The number of amides is 1. The van der Waals surface area contributed by atoms with Crippen LogP contribution < -0.4 is 0 Å². The molecular formula is C31H45N3O2. The van der Waals surface area contributed by atoms with E-state index in [-0.39, 0.29) is 17.9 Å². The van der Waals surface area contributed by atoms with E-state index in [1.165, 1.54) is 16.5 Å². The molecule has 36 heavy (non-hydrogen) atoms. The second-order valence-electron chi connectivity index (χ2n) is 12.1. The van der Waals surface area contributed by atoms with Gasteiger partial charge in [0.1, 0.15) is 0 Å². The Morgan fingerprint density at radius 3 is 2.28 bits per heavy atom. The monoisotopic (exact) mass is 491 g/mol. The first-order valence-corrected chi connectivity index (χ1v) is 13.2. The van der Waals surface area contributed by atoms with Gasteiger partial charge in [-0.25, -0.2) is 0 Å². The number of fused-ring (bicyclic) bond motifs is 1. The van der Waals surface area contributed by atoms with E-state index in [0.29, 0.717) is 25.6 Å². The van der Waals surface area contributed by atoms with Crippen molar-refractivity contribution in [2.75, 3.05) is 26.2 Å². The molecule has 0 saturated carbocycles. The Morgan fingerprint density at radius 2 is 1.67 bits per heavy atom. The maximum absolute atomic E-state index is 13.7. The highest BCUT2D eigenvalue weighted by molar-refractivity contribution is 5.83. The summed E-state index contributed by atoms with van der Waals surface area (Å²) < 4.78 is 0. The third-order valence-corrected chi connectivity index (χ3v) is 7.03. The maximum Gasteiger partial charge on any atom is 0.237 e. The van der Waals surface area contributed by atoms with Crippen LogP contribution in [-0.4, -0.2) is 57.6 Å². The molecule has 0 fully saturated rings. The Labute approximate surface area is 217 Å². The SMILES string of the molecule is CC(C)CN(CC(=O)N(CCc1c[nH]c2ccccc12)Cc1ccc(C(C)(C)C)cc1)C(C)(C)CO. The van der Waals surface area contributed by atoms with E-state index in [1.807, 2.05) is 24.8 Å². The number of aliphatic hydroxyl groups is 1. The summed E-state index contributed by atoms with van der Waals surface area (Å²) in [7, 11) is 0. The Kier molecular flexibility index (Phi) is 9.02. The van der Waals surface area contributed by atoms with Gasteiger partial charge in [-0.05, 0) is 54.4 Å². The summed E-state index contributed by atoms with van der Waals surface area (Å²) in [4.78, 5) is 21.2. The lowest BCUT2D eigenvalue weighted by atomic mass is 9.87. The summed E-state index contributed by atoms with van der Waals surface area (Å²) in [6, 6.07) is 17.0. The minimum Gasteiger partial charge on any atom is -0.394 e. The second-order valence-corrected chi connectivity index (χ2v) is 12.1. The number of aromatic amines is 1. The number of aliphatic hydroxyl groups excluding tert-OH is 1. The molecule has 0 aliphatic heterocycles. The van der Waals surface area contributed by atoms with Crippen LogP contribution in [-0.2, 0) is 23.2 Å². The molecule has 0 bridgehead atoms. The topological polar surface area (TPSA) is 59.6 Å². The summed E-state index contributed by atoms with van der Waals surface area (Å²) in [5.41, 5.74) is 4.40. The van der Waals surface area contributed by atoms with E-state index in [2.05, 4.69) is 93.2 Å². The van der Waals surface area contributed by atoms with Gasteiger partial charge >= 0.3 is 0 Å². The van der Waals surface area contributed by atoms with E-state index in [0.717, 1.165) is 24.0 Å². The number of carbonyl (C=O) groups is 1. The maximum atomic E-state index is 13.7. The van der Waals surface area contributed by atoms with Crippen LogP contribution in [0.1, 0.15) is 65.2 Å². The van der Waals surface area contributed by atoms with Gasteiger partial charge in [0.05, 0.1) is 13.2 Å². The summed E-state index contributed by atoms with van der Waals surface area (Å²) in [5, 5.41) is 11.2. The number of hydrogen-bond acceptors (Lipinski definition) is 3. The molecule has 0 saturated heterocycles. The van der Waals surface area contributed by atoms with Crippen LogP contribution in [0.25, 0.3) is 10.9 Å². The molecule has 5 heteroatoms. The Hall–Kier alpha value is -2.63. The first-order chi connectivity index (χ1) is 16.9. The van der Waals surface area contributed by atoms with Gasteiger partial charge in [-0.15, -0.1) is 0 Å². The average molecular weight is 492 g/mol. The molecule has 0 aliphatic carbocycles. The van der Waals surface area contributed by atoms with Crippen LogP contribution in [0.4, 0.5) is 0 Å². The van der Waals surface area contributed by atoms with Crippen LogP contribution >= 0.6 is 0 Å². The number of H-pyrrole nitrogens is 1. The fourth-order valence-electron chi connectivity index (χ4n) is 4.55. The minimum absolute atomic E-state index is 0.0105. The van der Waals surface area contributed by atoms with Crippen molar-refractivity contribution in [2.45, 2.75) is 72.4 Å². The summed E-state index contributed by atoms with van der Waals surface area (Å²) >= 11 is 0. The first-order valence-electron chi connectivity index (χ1n) is 13.2. The number of benzene rings is 2. The molecule has 2 aromatic carbocycles. The molecule has 2 N–H and O–H groups in total. The van der Waals surface area contributed by atoms with Crippen LogP contribution in [0.5, 0.6) is 0 Å². The molecule has 0 unspecified atom stereocenters. The van der Waals surface area contributed by atoms with Crippen LogP contribution in [0.3, 0.4) is 0 Å². The van der Waals surface area contributed by atoms with E-state index < -0.39 is 5.54 Å². The Morgan fingerprint density at radius 1 is 1.00 bits per heavy atom. The number of para-hydroxylation sites is 1. The molecule has 5 nitrogen and oxygen atoms in total. The van der Waals surface area contributed by atoms with Crippen molar-refractivity contribution in [3.63, 3.8) is 0 Å². The number of hydrogen-bond donors (Lipinski definition) is 2.